The monoisotopic (exact) mass is 381 g/mol. The third-order valence-corrected chi connectivity index (χ3v) is 4.25. The molecular weight excluding hydrogens is 356 g/mol. The fraction of sp³-hybridized carbons (Fsp3) is 0.444. The van der Waals surface area contributed by atoms with Crippen LogP contribution in [0.5, 0.6) is 5.75 Å². The molecule has 27 heavy (non-hydrogen) atoms. The van der Waals surface area contributed by atoms with Gasteiger partial charge < -0.3 is 19.9 Å². The average Bonchev–Trinajstić information content (AvgIpc) is 3.10. The first-order valence-electron chi connectivity index (χ1n) is 8.42. The Bertz CT molecular complexity index is 734. The number of aromatic nitrogens is 2. The number of ether oxygens (including phenoxy) is 1. The van der Waals surface area contributed by atoms with Gasteiger partial charge in [0.2, 0.25) is 0 Å². The van der Waals surface area contributed by atoms with Crippen LogP contribution in [0.2, 0.25) is 0 Å². The number of carbonyl (C=O) groups is 1. The molecular formula is C18H25F2N5O2. The van der Waals surface area contributed by atoms with Crippen LogP contribution in [-0.4, -0.2) is 60.2 Å². The van der Waals surface area contributed by atoms with E-state index < -0.39 is 6.55 Å². The van der Waals surface area contributed by atoms with Crippen molar-refractivity contribution in [1.82, 2.24) is 24.7 Å². The zero-order chi connectivity index (χ0) is 20.0. The van der Waals surface area contributed by atoms with Crippen LogP contribution in [0, 0.1) is 0 Å². The topological polar surface area (TPSA) is 62.6 Å². The molecule has 0 aliphatic rings. The zero-order valence-corrected chi connectivity index (χ0v) is 15.9. The minimum absolute atomic E-state index is 0.0155. The van der Waals surface area contributed by atoms with E-state index in [1.54, 1.807) is 7.11 Å². The summed E-state index contributed by atoms with van der Waals surface area (Å²) in [5.41, 5.74) is 1.02. The van der Waals surface area contributed by atoms with E-state index in [0.717, 1.165) is 15.9 Å². The summed E-state index contributed by atoms with van der Waals surface area (Å²) in [7, 11) is 6.99. The summed E-state index contributed by atoms with van der Waals surface area (Å²) in [5, 5.41) is 2.84. The van der Waals surface area contributed by atoms with Gasteiger partial charge in [0.15, 0.2) is 0 Å². The number of likely N-dealkylation sites (N-methyl/N-ethyl adjacent to an activating group) is 1. The number of rotatable bonds is 8. The molecule has 0 fully saturated rings. The van der Waals surface area contributed by atoms with Gasteiger partial charge in [-0.25, -0.2) is 9.78 Å². The normalized spacial score (nSPS) is 12.3. The number of hydrogen-bond acceptors (Lipinski definition) is 4. The Balaban J connectivity index is 1.97. The van der Waals surface area contributed by atoms with E-state index in [4.69, 9.17) is 4.74 Å². The number of nitrogens with one attached hydrogen (secondary N) is 1. The van der Waals surface area contributed by atoms with Gasteiger partial charge in [0.25, 0.3) is 0 Å². The number of amides is 2. The first kappa shape index (κ1) is 20.6. The largest absolute Gasteiger partial charge is 0.497 e. The standard InChI is InChI=1S/C18H25F2N5O2/c1-23(2)15(13-5-7-14(27-4)8-6-13)11-22-18(26)24(3)12-16-21-9-10-25(16)17(19)20/h5-10,15,17H,11-12H2,1-4H3,(H,22,26). The van der Waals surface area contributed by atoms with Crippen LogP contribution in [-0.2, 0) is 6.54 Å². The van der Waals surface area contributed by atoms with Crippen molar-refractivity contribution >= 4 is 6.03 Å². The highest BCUT2D eigenvalue weighted by Gasteiger charge is 2.19. The van der Waals surface area contributed by atoms with Crippen LogP contribution in [0.1, 0.15) is 24.0 Å². The third-order valence-electron chi connectivity index (χ3n) is 4.25. The maximum Gasteiger partial charge on any atom is 0.319 e. The highest BCUT2D eigenvalue weighted by atomic mass is 19.3. The average molecular weight is 381 g/mol. The minimum atomic E-state index is -2.69. The lowest BCUT2D eigenvalue weighted by atomic mass is 10.1. The van der Waals surface area contributed by atoms with Crippen molar-refractivity contribution in [3.8, 4) is 5.75 Å². The van der Waals surface area contributed by atoms with Gasteiger partial charge in [-0.1, -0.05) is 12.1 Å². The molecule has 1 unspecified atom stereocenters. The summed E-state index contributed by atoms with van der Waals surface area (Å²) in [6.07, 6.45) is 2.48. The Morgan fingerprint density at radius 2 is 1.93 bits per heavy atom. The van der Waals surface area contributed by atoms with Crippen molar-refractivity contribution in [2.24, 2.45) is 0 Å². The Kier molecular flexibility index (Phi) is 7.12. The number of hydrogen-bond donors (Lipinski definition) is 1. The van der Waals surface area contributed by atoms with Gasteiger partial charge in [0.05, 0.1) is 19.7 Å². The maximum atomic E-state index is 12.9. The minimum Gasteiger partial charge on any atom is -0.497 e. The molecule has 0 bridgehead atoms. The fourth-order valence-corrected chi connectivity index (χ4v) is 2.67. The van der Waals surface area contributed by atoms with Crippen LogP contribution >= 0.6 is 0 Å². The molecule has 0 aliphatic heterocycles. The molecule has 0 aliphatic carbocycles. The summed E-state index contributed by atoms with van der Waals surface area (Å²) < 4.78 is 31.7. The van der Waals surface area contributed by atoms with Crippen molar-refractivity contribution in [2.45, 2.75) is 19.1 Å². The van der Waals surface area contributed by atoms with Gasteiger partial charge >= 0.3 is 12.6 Å². The summed E-state index contributed by atoms with van der Waals surface area (Å²) in [5.74, 6) is 0.886. The van der Waals surface area contributed by atoms with Gasteiger partial charge in [-0.05, 0) is 31.8 Å². The lowest BCUT2D eigenvalue weighted by Crippen LogP contribution is -2.41. The van der Waals surface area contributed by atoms with Gasteiger partial charge in [-0.15, -0.1) is 0 Å². The molecule has 1 atom stereocenters. The molecule has 1 heterocycles. The van der Waals surface area contributed by atoms with Crippen molar-refractivity contribution < 1.29 is 18.3 Å². The lowest BCUT2D eigenvalue weighted by molar-refractivity contribution is 0.0651. The van der Waals surface area contributed by atoms with E-state index >= 15 is 0 Å². The zero-order valence-electron chi connectivity index (χ0n) is 15.9. The van der Waals surface area contributed by atoms with Crippen LogP contribution < -0.4 is 10.1 Å². The molecule has 0 saturated carbocycles. The number of methoxy groups -OCH3 is 1. The van der Waals surface area contributed by atoms with Crippen LogP contribution in [0.25, 0.3) is 0 Å². The number of benzene rings is 1. The Labute approximate surface area is 157 Å². The molecule has 2 amide bonds. The summed E-state index contributed by atoms with van der Waals surface area (Å²) in [6, 6.07) is 7.21. The lowest BCUT2D eigenvalue weighted by Gasteiger charge is -2.26. The molecule has 0 saturated heterocycles. The number of carbonyl (C=O) groups excluding carboxylic acids is 1. The van der Waals surface area contributed by atoms with Crippen LogP contribution in [0.15, 0.2) is 36.7 Å². The first-order valence-corrected chi connectivity index (χ1v) is 8.42. The summed E-state index contributed by atoms with van der Waals surface area (Å²) in [4.78, 5) is 19.6. The van der Waals surface area contributed by atoms with E-state index in [0.29, 0.717) is 6.54 Å². The highest BCUT2D eigenvalue weighted by Crippen LogP contribution is 2.21. The molecule has 1 N–H and O–H groups in total. The van der Waals surface area contributed by atoms with E-state index in [9.17, 15) is 13.6 Å². The predicted molar refractivity (Wildman–Crippen MR) is 97.8 cm³/mol. The smallest absolute Gasteiger partial charge is 0.319 e. The van der Waals surface area contributed by atoms with E-state index in [2.05, 4.69) is 10.3 Å². The van der Waals surface area contributed by atoms with Crippen molar-refractivity contribution in [2.75, 3.05) is 34.8 Å². The first-order chi connectivity index (χ1) is 12.8. The van der Waals surface area contributed by atoms with E-state index in [1.165, 1.54) is 24.3 Å². The van der Waals surface area contributed by atoms with E-state index in [-0.39, 0.29) is 24.4 Å². The quantitative estimate of drug-likeness (QED) is 0.764. The van der Waals surface area contributed by atoms with Gasteiger partial charge in [0.1, 0.15) is 11.6 Å². The molecule has 1 aromatic carbocycles. The number of imidazole rings is 1. The Hall–Kier alpha value is -2.68. The van der Waals surface area contributed by atoms with Gasteiger partial charge in [-0.2, -0.15) is 8.78 Å². The summed E-state index contributed by atoms with van der Waals surface area (Å²) in [6.45, 7) is -2.34. The molecule has 2 rings (SSSR count). The Morgan fingerprint density at radius 3 is 2.48 bits per heavy atom. The number of halogens is 2. The molecule has 2 aromatic rings. The predicted octanol–water partition coefficient (Wildman–Crippen LogP) is 2.73. The molecule has 7 nitrogen and oxygen atoms in total. The second-order valence-electron chi connectivity index (χ2n) is 6.32. The SMILES string of the molecule is COc1ccc(C(CNC(=O)N(C)Cc2nccn2C(F)F)N(C)C)cc1. The summed E-state index contributed by atoms with van der Waals surface area (Å²) >= 11 is 0. The third kappa shape index (κ3) is 5.40. The van der Waals surface area contributed by atoms with Crippen molar-refractivity contribution in [3.63, 3.8) is 0 Å². The highest BCUT2D eigenvalue weighted by molar-refractivity contribution is 5.73. The van der Waals surface area contributed by atoms with E-state index in [1.807, 2.05) is 43.3 Å². The van der Waals surface area contributed by atoms with Gasteiger partial charge in [-0.3, -0.25) is 4.57 Å². The number of nitrogens with zero attached hydrogens (tertiary/aromatic N) is 4. The van der Waals surface area contributed by atoms with Crippen molar-refractivity contribution in [3.05, 3.63) is 48.0 Å². The van der Waals surface area contributed by atoms with Crippen LogP contribution in [0.3, 0.4) is 0 Å². The van der Waals surface area contributed by atoms with Crippen molar-refractivity contribution in [1.29, 1.82) is 0 Å². The number of alkyl halides is 2. The maximum absolute atomic E-state index is 12.9. The molecule has 0 spiro atoms. The molecule has 0 radical (unpaired) electrons. The second kappa shape index (κ2) is 9.31. The Morgan fingerprint density at radius 1 is 1.26 bits per heavy atom. The fourth-order valence-electron chi connectivity index (χ4n) is 2.67. The number of urea groups is 1. The molecule has 1 aromatic heterocycles. The second-order valence-corrected chi connectivity index (χ2v) is 6.32. The van der Waals surface area contributed by atoms with Gasteiger partial charge in [0, 0.05) is 26.0 Å². The van der Waals surface area contributed by atoms with Crippen LogP contribution in [0.4, 0.5) is 13.6 Å². The molecule has 148 valence electrons. The molecule has 9 heteroatoms.